The molecule has 0 spiro atoms. The summed E-state index contributed by atoms with van der Waals surface area (Å²) in [6, 6.07) is 5.77. The van der Waals surface area contributed by atoms with Crippen LogP contribution in [0.2, 0.25) is 0 Å². The molecule has 1 aromatic rings. The summed E-state index contributed by atoms with van der Waals surface area (Å²) in [5.41, 5.74) is 2.38. The van der Waals surface area contributed by atoms with E-state index < -0.39 is 9.84 Å². The van der Waals surface area contributed by atoms with Crippen LogP contribution in [-0.4, -0.2) is 31.1 Å². The minimum atomic E-state index is -2.82. The maximum absolute atomic E-state index is 11.4. The third kappa shape index (κ3) is 2.24. The summed E-state index contributed by atoms with van der Waals surface area (Å²) in [4.78, 5) is 0. The van der Waals surface area contributed by atoms with Crippen molar-refractivity contribution < 1.29 is 13.5 Å². The van der Waals surface area contributed by atoms with Gasteiger partial charge in [-0.15, -0.1) is 0 Å². The number of phenolic OH excluding ortho intramolecular Hbond substituents is 1. The van der Waals surface area contributed by atoms with Gasteiger partial charge in [-0.05, 0) is 42.5 Å². The van der Waals surface area contributed by atoms with Crippen LogP contribution in [0.25, 0.3) is 0 Å². The van der Waals surface area contributed by atoms with Gasteiger partial charge in [0.15, 0.2) is 9.84 Å². The molecule has 0 bridgehead atoms. The predicted octanol–water partition coefficient (Wildman–Crippen LogP) is 1.16. The largest absolute Gasteiger partial charge is 0.508 e. The van der Waals surface area contributed by atoms with Gasteiger partial charge >= 0.3 is 0 Å². The van der Waals surface area contributed by atoms with Gasteiger partial charge in [-0.3, -0.25) is 0 Å². The highest BCUT2D eigenvalue weighted by molar-refractivity contribution is 7.91. The molecule has 5 heteroatoms. The summed E-state index contributed by atoms with van der Waals surface area (Å²) in [5.74, 6) is 0.870. The molecule has 4 nitrogen and oxygen atoms in total. The zero-order valence-electron chi connectivity index (χ0n) is 10.1. The molecule has 0 saturated carbocycles. The van der Waals surface area contributed by atoms with Crippen LogP contribution in [0.1, 0.15) is 30.0 Å². The summed E-state index contributed by atoms with van der Waals surface area (Å²) in [5, 5.41) is 12.9. The van der Waals surface area contributed by atoms with Crippen LogP contribution in [0.5, 0.6) is 5.75 Å². The van der Waals surface area contributed by atoms with Crippen LogP contribution in [0, 0.1) is 0 Å². The van der Waals surface area contributed by atoms with Crippen LogP contribution in [-0.2, 0) is 16.3 Å². The van der Waals surface area contributed by atoms with E-state index in [1.54, 1.807) is 6.07 Å². The number of sulfone groups is 1. The van der Waals surface area contributed by atoms with Crippen molar-refractivity contribution in [3.05, 3.63) is 29.3 Å². The SMILES string of the molecule is O=S1(=O)CCC(NC2CCc3cc(O)ccc32)C1. The van der Waals surface area contributed by atoms with E-state index in [0.717, 1.165) is 12.8 Å². The molecule has 1 saturated heterocycles. The molecule has 2 N–H and O–H groups in total. The van der Waals surface area contributed by atoms with Gasteiger partial charge in [0.25, 0.3) is 0 Å². The van der Waals surface area contributed by atoms with Gasteiger partial charge in [0.2, 0.25) is 0 Å². The molecule has 1 heterocycles. The number of hydrogen-bond donors (Lipinski definition) is 2. The Morgan fingerprint density at radius 1 is 1.28 bits per heavy atom. The Balaban J connectivity index is 1.74. The predicted molar refractivity (Wildman–Crippen MR) is 69.4 cm³/mol. The Kier molecular flexibility index (Phi) is 2.83. The van der Waals surface area contributed by atoms with Crippen LogP contribution in [0.15, 0.2) is 18.2 Å². The second-order valence-corrected chi connectivity index (χ2v) is 7.47. The first-order chi connectivity index (χ1) is 8.53. The van der Waals surface area contributed by atoms with E-state index in [1.807, 2.05) is 12.1 Å². The molecule has 0 radical (unpaired) electrons. The number of hydrogen-bond acceptors (Lipinski definition) is 4. The minimum Gasteiger partial charge on any atom is -0.508 e. The van der Waals surface area contributed by atoms with E-state index in [2.05, 4.69) is 5.32 Å². The van der Waals surface area contributed by atoms with Crippen molar-refractivity contribution in [3.63, 3.8) is 0 Å². The van der Waals surface area contributed by atoms with Crippen molar-refractivity contribution >= 4 is 9.84 Å². The van der Waals surface area contributed by atoms with Crippen molar-refractivity contribution in [2.75, 3.05) is 11.5 Å². The summed E-state index contributed by atoms with van der Waals surface area (Å²) in [6.45, 7) is 0. The fourth-order valence-corrected chi connectivity index (χ4v) is 4.67. The molecule has 1 fully saturated rings. The molecule has 98 valence electrons. The number of rotatable bonds is 2. The van der Waals surface area contributed by atoms with Crippen molar-refractivity contribution in [2.24, 2.45) is 0 Å². The number of aromatic hydroxyl groups is 1. The highest BCUT2D eigenvalue weighted by atomic mass is 32.2. The Hall–Kier alpha value is -1.07. The van der Waals surface area contributed by atoms with Crippen LogP contribution in [0.3, 0.4) is 0 Å². The zero-order valence-corrected chi connectivity index (χ0v) is 10.9. The first-order valence-corrected chi connectivity index (χ1v) is 8.14. The number of aryl methyl sites for hydroxylation is 1. The van der Waals surface area contributed by atoms with E-state index >= 15 is 0 Å². The maximum Gasteiger partial charge on any atom is 0.151 e. The molecular formula is C13H17NO3S. The lowest BCUT2D eigenvalue weighted by Gasteiger charge is -2.18. The number of phenols is 1. The first-order valence-electron chi connectivity index (χ1n) is 6.32. The first kappa shape index (κ1) is 12.0. The van der Waals surface area contributed by atoms with Crippen molar-refractivity contribution in [1.82, 2.24) is 5.32 Å². The molecule has 3 rings (SSSR count). The van der Waals surface area contributed by atoms with Crippen molar-refractivity contribution in [3.8, 4) is 5.75 Å². The summed E-state index contributed by atoms with van der Waals surface area (Å²) < 4.78 is 22.9. The Morgan fingerprint density at radius 2 is 2.11 bits per heavy atom. The fraction of sp³-hybridized carbons (Fsp3) is 0.538. The standard InChI is InChI=1S/C13H17NO3S/c15-11-2-3-12-9(7-11)1-4-13(12)14-10-5-6-18(16,17)8-10/h2-3,7,10,13-15H,1,4-6,8H2. The lowest BCUT2D eigenvalue weighted by molar-refractivity contribution is 0.457. The summed E-state index contributed by atoms with van der Waals surface area (Å²) in [7, 11) is -2.82. The lowest BCUT2D eigenvalue weighted by atomic mass is 10.1. The van der Waals surface area contributed by atoms with Crippen molar-refractivity contribution in [2.45, 2.75) is 31.3 Å². The fourth-order valence-electron chi connectivity index (χ4n) is 2.99. The molecule has 18 heavy (non-hydrogen) atoms. The van der Waals surface area contributed by atoms with E-state index in [0.29, 0.717) is 17.9 Å². The second-order valence-electron chi connectivity index (χ2n) is 5.24. The van der Waals surface area contributed by atoms with Crippen LogP contribution >= 0.6 is 0 Å². The molecule has 2 atom stereocenters. The van der Waals surface area contributed by atoms with Gasteiger partial charge < -0.3 is 10.4 Å². The van der Waals surface area contributed by atoms with Gasteiger partial charge in [-0.1, -0.05) is 6.07 Å². The zero-order chi connectivity index (χ0) is 12.8. The van der Waals surface area contributed by atoms with E-state index in [-0.39, 0.29) is 17.8 Å². The van der Waals surface area contributed by atoms with Gasteiger partial charge in [0, 0.05) is 12.1 Å². The average molecular weight is 267 g/mol. The molecule has 2 unspecified atom stereocenters. The smallest absolute Gasteiger partial charge is 0.151 e. The number of nitrogens with one attached hydrogen (secondary N) is 1. The summed E-state index contributed by atoms with van der Waals surface area (Å²) >= 11 is 0. The molecular weight excluding hydrogens is 250 g/mol. The Bertz CT molecular complexity index is 568. The maximum atomic E-state index is 11.4. The Labute approximate surface area is 107 Å². The highest BCUT2D eigenvalue weighted by Crippen LogP contribution is 2.34. The monoisotopic (exact) mass is 267 g/mol. The highest BCUT2D eigenvalue weighted by Gasteiger charge is 2.31. The second kappa shape index (κ2) is 4.24. The molecule has 2 aliphatic rings. The number of benzene rings is 1. The van der Waals surface area contributed by atoms with Gasteiger partial charge in [0.1, 0.15) is 5.75 Å². The molecule has 0 amide bonds. The van der Waals surface area contributed by atoms with Crippen LogP contribution < -0.4 is 5.32 Å². The molecule has 0 aromatic heterocycles. The van der Waals surface area contributed by atoms with E-state index in [9.17, 15) is 13.5 Å². The van der Waals surface area contributed by atoms with E-state index in [1.165, 1.54) is 11.1 Å². The van der Waals surface area contributed by atoms with E-state index in [4.69, 9.17) is 0 Å². The third-order valence-electron chi connectivity index (χ3n) is 3.87. The lowest BCUT2D eigenvalue weighted by Crippen LogP contribution is -2.32. The molecule has 1 aliphatic carbocycles. The number of fused-ring (bicyclic) bond motifs is 1. The normalized spacial score (nSPS) is 29.3. The minimum absolute atomic E-state index is 0.0831. The Morgan fingerprint density at radius 3 is 2.83 bits per heavy atom. The molecule has 1 aliphatic heterocycles. The average Bonchev–Trinajstić information content (AvgIpc) is 2.83. The van der Waals surface area contributed by atoms with Crippen molar-refractivity contribution in [1.29, 1.82) is 0 Å². The summed E-state index contributed by atoms with van der Waals surface area (Å²) in [6.07, 6.45) is 2.64. The van der Waals surface area contributed by atoms with Crippen LogP contribution in [0.4, 0.5) is 0 Å². The third-order valence-corrected chi connectivity index (χ3v) is 5.64. The topological polar surface area (TPSA) is 66.4 Å². The quantitative estimate of drug-likeness (QED) is 0.844. The van der Waals surface area contributed by atoms with Gasteiger partial charge in [-0.25, -0.2) is 8.42 Å². The molecule has 1 aromatic carbocycles. The van der Waals surface area contributed by atoms with Gasteiger partial charge in [0.05, 0.1) is 11.5 Å². The van der Waals surface area contributed by atoms with Gasteiger partial charge in [-0.2, -0.15) is 0 Å².